The summed E-state index contributed by atoms with van der Waals surface area (Å²) < 4.78 is 7.33. The number of hydrogen-bond donors (Lipinski definition) is 0. The molecule has 0 N–H and O–H groups in total. The summed E-state index contributed by atoms with van der Waals surface area (Å²) in [7, 11) is 0. The Morgan fingerprint density at radius 2 is 2.17 bits per heavy atom. The van der Waals surface area contributed by atoms with Crippen molar-refractivity contribution in [1.82, 2.24) is 19.5 Å². The molecular weight excluding hydrogens is 292 g/mol. The highest BCUT2D eigenvalue weighted by molar-refractivity contribution is 5.68. The zero-order chi connectivity index (χ0) is 16.6. The van der Waals surface area contributed by atoms with E-state index in [2.05, 4.69) is 11.2 Å². The average molecular weight is 316 g/mol. The van der Waals surface area contributed by atoms with E-state index < -0.39 is 5.60 Å². The average Bonchev–Trinajstić information content (AvgIpc) is 2.94. The lowest BCUT2D eigenvalue weighted by Crippen LogP contribution is -2.42. The van der Waals surface area contributed by atoms with Crippen molar-refractivity contribution < 1.29 is 9.53 Å². The number of rotatable bonds is 1. The molecule has 6 nitrogen and oxygen atoms in total. The predicted molar refractivity (Wildman–Crippen MR) is 87.5 cm³/mol. The Balaban J connectivity index is 1.78. The van der Waals surface area contributed by atoms with E-state index in [1.165, 1.54) is 0 Å². The van der Waals surface area contributed by atoms with Gasteiger partial charge in [-0.1, -0.05) is 0 Å². The van der Waals surface area contributed by atoms with Crippen LogP contribution in [0.5, 0.6) is 0 Å². The van der Waals surface area contributed by atoms with E-state index in [4.69, 9.17) is 9.72 Å². The summed E-state index contributed by atoms with van der Waals surface area (Å²) in [6.45, 7) is 9.12. The summed E-state index contributed by atoms with van der Waals surface area (Å²) in [5.41, 5.74) is 2.48. The fraction of sp³-hybridized carbons (Fsp3) is 0.588. The van der Waals surface area contributed by atoms with Gasteiger partial charge in [-0.25, -0.2) is 14.3 Å². The zero-order valence-corrected chi connectivity index (χ0v) is 14.2. The molecule has 0 radical (unpaired) electrons. The van der Waals surface area contributed by atoms with E-state index >= 15 is 0 Å². The highest BCUT2D eigenvalue weighted by atomic mass is 16.6. The highest BCUT2D eigenvalue weighted by Crippen LogP contribution is 2.27. The number of carbonyl (C=O) groups excluding carboxylic acids is 1. The largest absolute Gasteiger partial charge is 0.444 e. The normalized spacial score (nSPS) is 19.1. The molecule has 1 aliphatic rings. The van der Waals surface area contributed by atoms with Crippen molar-refractivity contribution in [1.29, 1.82) is 0 Å². The van der Waals surface area contributed by atoms with Crippen LogP contribution in [-0.2, 0) is 4.74 Å². The fourth-order valence-electron chi connectivity index (χ4n) is 3.01. The topological polar surface area (TPSA) is 59.7 Å². The van der Waals surface area contributed by atoms with Crippen molar-refractivity contribution in [2.24, 2.45) is 0 Å². The predicted octanol–water partition coefficient (Wildman–Crippen LogP) is 3.15. The maximum Gasteiger partial charge on any atom is 0.410 e. The third-order valence-corrected chi connectivity index (χ3v) is 4.05. The van der Waals surface area contributed by atoms with E-state index in [1.807, 2.05) is 38.3 Å². The Hall–Kier alpha value is -2.11. The number of fused-ring (bicyclic) bond motifs is 1. The van der Waals surface area contributed by atoms with Crippen LogP contribution in [0, 0.1) is 6.92 Å². The Morgan fingerprint density at radius 1 is 1.39 bits per heavy atom. The van der Waals surface area contributed by atoms with Crippen molar-refractivity contribution in [2.75, 3.05) is 13.1 Å². The van der Waals surface area contributed by atoms with Crippen LogP contribution in [0.2, 0.25) is 0 Å². The molecule has 1 saturated heterocycles. The molecule has 0 aromatic carbocycles. The molecule has 6 heteroatoms. The summed E-state index contributed by atoms with van der Waals surface area (Å²) in [6.07, 6.45) is 3.53. The molecule has 124 valence electrons. The van der Waals surface area contributed by atoms with Crippen LogP contribution in [0.4, 0.5) is 4.79 Å². The van der Waals surface area contributed by atoms with Crippen molar-refractivity contribution in [3.05, 3.63) is 29.7 Å². The van der Waals surface area contributed by atoms with Gasteiger partial charge >= 0.3 is 6.09 Å². The number of nitrogens with zero attached hydrogens (tertiary/aromatic N) is 4. The van der Waals surface area contributed by atoms with E-state index in [1.54, 1.807) is 11.1 Å². The summed E-state index contributed by atoms with van der Waals surface area (Å²) >= 11 is 0. The highest BCUT2D eigenvalue weighted by Gasteiger charge is 2.29. The molecule has 1 atom stereocenters. The molecule has 0 saturated carbocycles. The van der Waals surface area contributed by atoms with Crippen LogP contribution in [0.15, 0.2) is 18.3 Å². The maximum atomic E-state index is 12.3. The maximum absolute atomic E-state index is 12.3. The molecule has 2 aromatic rings. The Labute approximate surface area is 136 Å². The first kappa shape index (κ1) is 15.8. The lowest BCUT2D eigenvalue weighted by atomic mass is 9.94. The number of amides is 1. The summed E-state index contributed by atoms with van der Waals surface area (Å²) in [5, 5.41) is 4.26. The van der Waals surface area contributed by atoms with Crippen molar-refractivity contribution in [2.45, 2.75) is 52.1 Å². The molecule has 2 aromatic heterocycles. The molecular formula is C17H24N4O2. The third kappa shape index (κ3) is 3.46. The molecule has 23 heavy (non-hydrogen) atoms. The van der Waals surface area contributed by atoms with Gasteiger partial charge in [-0.05, 0) is 46.6 Å². The van der Waals surface area contributed by atoms with Crippen LogP contribution in [0.3, 0.4) is 0 Å². The molecule has 0 spiro atoms. The number of aryl methyl sites for hydroxylation is 1. The van der Waals surface area contributed by atoms with Gasteiger partial charge in [-0.15, -0.1) is 0 Å². The number of ether oxygens (including phenoxy) is 1. The first-order valence-corrected chi connectivity index (χ1v) is 8.13. The first-order valence-electron chi connectivity index (χ1n) is 8.13. The molecule has 3 heterocycles. The van der Waals surface area contributed by atoms with E-state index in [9.17, 15) is 4.79 Å². The minimum atomic E-state index is -0.463. The van der Waals surface area contributed by atoms with Crippen LogP contribution >= 0.6 is 0 Å². The van der Waals surface area contributed by atoms with Crippen LogP contribution in [0.25, 0.3) is 5.65 Å². The Kier molecular flexibility index (Phi) is 4.00. The molecule has 3 rings (SSSR count). The number of piperidine rings is 1. The van der Waals surface area contributed by atoms with Crippen LogP contribution in [0.1, 0.15) is 50.9 Å². The number of aromatic nitrogens is 3. The number of hydrogen-bond acceptors (Lipinski definition) is 4. The Morgan fingerprint density at radius 3 is 2.91 bits per heavy atom. The summed E-state index contributed by atoms with van der Waals surface area (Å²) in [4.78, 5) is 18.8. The lowest BCUT2D eigenvalue weighted by Gasteiger charge is -2.34. The first-order chi connectivity index (χ1) is 10.8. The molecule has 1 fully saturated rings. The van der Waals surface area contributed by atoms with Gasteiger partial charge in [-0.2, -0.15) is 5.10 Å². The molecule has 0 aliphatic carbocycles. The van der Waals surface area contributed by atoms with Gasteiger partial charge in [0.1, 0.15) is 5.60 Å². The summed E-state index contributed by atoms with van der Waals surface area (Å²) in [6, 6.07) is 3.98. The summed E-state index contributed by atoms with van der Waals surface area (Å²) in [5.74, 6) is 0.245. The second-order valence-electron chi connectivity index (χ2n) is 7.19. The zero-order valence-electron chi connectivity index (χ0n) is 14.2. The minimum absolute atomic E-state index is 0.232. The SMILES string of the molecule is Cc1cc(C2CCCN(C(=O)OC(C)(C)C)C2)nc2ccnn12. The second kappa shape index (κ2) is 5.83. The van der Waals surface area contributed by atoms with Gasteiger partial charge in [0.05, 0.1) is 6.20 Å². The standard InChI is InChI=1S/C17H24N4O2/c1-12-10-14(19-15-7-8-18-21(12)15)13-6-5-9-20(11-13)16(22)23-17(2,3)4/h7-8,10,13H,5-6,9,11H2,1-4H3. The van der Waals surface area contributed by atoms with Gasteiger partial charge < -0.3 is 9.64 Å². The second-order valence-corrected chi connectivity index (χ2v) is 7.19. The lowest BCUT2D eigenvalue weighted by molar-refractivity contribution is 0.0197. The van der Waals surface area contributed by atoms with E-state index in [-0.39, 0.29) is 12.0 Å². The monoisotopic (exact) mass is 316 g/mol. The van der Waals surface area contributed by atoms with Gasteiger partial charge in [-0.3, -0.25) is 0 Å². The van der Waals surface area contributed by atoms with Crippen molar-refractivity contribution in [3.8, 4) is 0 Å². The minimum Gasteiger partial charge on any atom is -0.444 e. The van der Waals surface area contributed by atoms with Crippen molar-refractivity contribution in [3.63, 3.8) is 0 Å². The smallest absolute Gasteiger partial charge is 0.410 e. The number of likely N-dealkylation sites (tertiary alicyclic amines) is 1. The van der Waals surface area contributed by atoms with E-state index in [0.717, 1.165) is 36.4 Å². The molecule has 1 unspecified atom stereocenters. The van der Waals surface area contributed by atoms with Gasteiger partial charge in [0.15, 0.2) is 5.65 Å². The van der Waals surface area contributed by atoms with Crippen LogP contribution < -0.4 is 0 Å². The van der Waals surface area contributed by atoms with E-state index in [0.29, 0.717) is 6.54 Å². The Bertz CT molecular complexity index is 717. The fourth-order valence-corrected chi connectivity index (χ4v) is 3.01. The van der Waals surface area contributed by atoms with Crippen molar-refractivity contribution >= 4 is 11.7 Å². The van der Waals surface area contributed by atoms with Gasteiger partial charge in [0, 0.05) is 36.5 Å². The third-order valence-electron chi connectivity index (χ3n) is 4.05. The van der Waals surface area contributed by atoms with Gasteiger partial charge in [0.2, 0.25) is 0 Å². The molecule has 0 bridgehead atoms. The molecule has 1 amide bonds. The van der Waals surface area contributed by atoms with Crippen LogP contribution in [-0.4, -0.2) is 44.3 Å². The van der Waals surface area contributed by atoms with Gasteiger partial charge in [0.25, 0.3) is 0 Å². The number of carbonyl (C=O) groups is 1. The quantitative estimate of drug-likeness (QED) is 0.811. The molecule has 1 aliphatic heterocycles.